The molecular weight excluding hydrogens is 304 g/mol. The number of benzene rings is 2. The van der Waals surface area contributed by atoms with Gasteiger partial charge in [0.2, 0.25) is 11.8 Å². The van der Waals surface area contributed by atoms with E-state index in [0.29, 0.717) is 6.54 Å². The van der Waals surface area contributed by atoms with E-state index in [4.69, 9.17) is 4.74 Å². The Morgan fingerprint density at radius 1 is 0.833 bits per heavy atom. The molecule has 5 heteroatoms. The zero-order chi connectivity index (χ0) is 17.0. The van der Waals surface area contributed by atoms with E-state index in [2.05, 4.69) is 10.6 Å². The van der Waals surface area contributed by atoms with Gasteiger partial charge in [-0.1, -0.05) is 48.5 Å². The van der Waals surface area contributed by atoms with Crippen molar-refractivity contribution in [3.63, 3.8) is 0 Å². The second-order valence-corrected chi connectivity index (χ2v) is 5.27. The molecule has 0 radical (unpaired) electrons. The van der Waals surface area contributed by atoms with Gasteiger partial charge in [0.1, 0.15) is 5.75 Å². The van der Waals surface area contributed by atoms with E-state index in [1.807, 2.05) is 60.7 Å². The number of carbonyl (C=O) groups is 2. The summed E-state index contributed by atoms with van der Waals surface area (Å²) in [7, 11) is 0. The first-order chi connectivity index (χ1) is 11.7. The first-order valence-corrected chi connectivity index (χ1v) is 7.99. The second kappa shape index (κ2) is 10.0. The summed E-state index contributed by atoms with van der Waals surface area (Å²) in [5, 5.41) is 5.37. The molecule has 24 heavy (non-hydrogen) atoms. The summed E-state index contributed by atoms with van der Waals surface area (Å²) in [6, 6.07) is 19.2. The maximum absolute atomic E-state index is 11.7. The van der Waals surface area contributed by atoms with Gasteiger partial charge in [-0.15, -0.1) is 0 Å². The lowest BCUT2D eigenvalue weighted by atomic mass is 10.1. The van der Waals surface area contributed by atoms with Crippen molar-refractivity contribution in [2.24, 2.45) is 0 Å². The van der Waals surface area contributed by atoms with Crippen molar-refractivity contribution in [1.82, 2.24) is 10.6 Å². The Morgan fingerprint density at radius 2 is 1.50 bits per heavy atom. The molecule has 0 spiro atoms. The molecule has 0 saturated carbocycles. The van der Waals surface area contributed by atoms with Crippen molar-refractivity contribution < 1.29 is 14.3 Å². The van der Waals surface area contributed by atoms with Crippen LogP contribution < -0.4 is 15.4 Å². The highest BCUT2D eigenvalue weighted by molar-refractivity contribution is 5.84. The predicted octanol–water partition coefficient (Wildman–Crippen LogP) is 1.93. The molecule has 0 atom stereocenters. The maximum atomic E-state index is 11.7. The van der Waals surface area contributed by atoms with Crippen LogP contribution in [0.5, 0.6) is 5.75 Å². The number of rotatable bonds is 9. The average Bonchev–Trinajstić information content (AvgIpc) is 2.62. The minimum absolute atomic E-state index is 0.0149. The third-order valence-electron chi connectivity index (χ3n) is 3.37. The normalized spacial score (nSPS) is 10.0. The van der Waals surface area contributed by atoms with E-state index < -0.39 is 0 Å². The molecule has 2 aromatic rings. The van der Waals surface area contributed by atoms with Gasteiger partial charge in [0.15, 0.2) is 0 Å². The van der Waals surface area contributed by atoms with Gasteiger partial charge in [0.05, 0.1) is 19.6 Å². The zero-order valence-electron chi connectivity index (χ0n) is 13.5. The summed E-state index contributed by atoms with van der Waals surface area (Å²) in [5.41, 5.74) is 1.17. The standard InChI is InChI=1S/C19H22N2O3/c22-18(12-14-24-17-9-5-2-6-10-17)21-15-19(23)20-13-11-16-7-3-1-4-8-16/h1-10H,11-15H2,(H,20,23)(H,21,22). The fourth-order valence-corrected chi connectivity index (χ4v) is 2.10. The molecule has 0 heterocycles. The number of carbonyl (C=O) groups excluding carboxylic acids is 2. The monoisotopic (exact) mass is 326 g/mol. The Hall–Kier alpha value is -2.82. The topological polar surface area (TPSA) is 67.4 Å². The van der Waals surface area contributed by atoms with Crippen molar-refractivity contribution in [2.45, 2.75) is 12.8 Å². The summed E-state index contributed by atoms with van der Waals surface area (Å²) in [5.74, 6) is 0.330. The van der Waals surface area contributed by atoms with Crippen LogP contribution in [0.2, 0.25) is 0 Å². The number of ether oxygens (including phenoxy) is 1. The van der Waals surface area contributed by atoms with E-state index >= 15 is 0 Å². The van der Waals surface area contributed by atoms with Crippen LogP contribution in [0.25, 0.3) is 0 Å². The van der Waals surface area contributed by atoms with Crippen molar-refractivity contribution in [3.05, 3.63) is 66.2 Å². The number of para-hydroxylation sites is 1. The van der Waals surface area contributed by atoms with Gasteiger partial charge in [-0.25, -0.2) is 0 Å². The maximum Gasteiger partial charge on any atom is 0.239 e. The highest BCUT2D eigenvalue weighted by Gasteiger charge is 2.05. The third kappa shape index (κ3) is 6.96. The lowest BCUT2D eigenvalue weighted by Gasteiger charge is -2.08. The van der Waals surface area contributed by atoms with Crippen LogP contribution in [0.1, 0.15) is 12.0 Å². The van der Waals surface area contributed by atoms with Crippen LogP contribution in [0.4, 0.5) is 0 Å². The van der Waals surface area contributed by atoms with Crippen LogP contribution in [0.3, 0.4) is 0 Å². The van der Waals surface area contributed by atoms with Gasteiger partial charge < -0.3 is 15.4 Å². The van der Waals surface area contributed by atoms with Crippen molar-refractivity contribution in [2.75, 3.05) is 19.7 Å². The number of nitrogens with one attached hydrogen (secondary N) is 2. The highest BCUT2D eigenvalue weighted by Crippen LogP contribution is 2.08. The molecule has 0 aliphatic rings. The lowest BCUT2D eigenvalue weighted by Crippen LogP contribution is -2.38. The summed E-state index contributed by atoms with van der Waals surface area (Å²) >= 11 is 0. The Kier molecular flexibility index (Phi) is 7.34. The molecular formula is C19H22N2O3. The third-order valence-corrected chi connectivity index (χ3v) is 3.37. The van der Waals surface area contributed by atoms with Crippen LogP contribution in [0, 0.1) is 0 Å². The van der Waals surface area contributed by atoms with Gasteiger partial charge in [-0.2, -0.15) is 0 Å². The molecule has 2 aromatic carbocycles. The summed E-state index contributed by atoms with van der Waals surface area (Å²) in [6.45, 7) is 0.820. The SMILES string of the molecule is O=C(CCOc1ccccc1)NCC(=O)NCCc1ccccc1. The van der Waals surface area contributed by atoms with Gasteiger partial charge in [0, 0.05) is 6.54 Å². The Bertz CT molecular complexity index is 572. The molecule has 0 bridgehead atoms. The van der Waals surface area contributed by atoms with E-state index in [-0.39, 0.29) is 31.4 Å². The van der Waals surface area contributed by atoms with Crippen LogP contribution in [0.15, 0.2) is 60.7 Å². The minimum atomic E-state index is -0.204. The van der Waals surface area contributed by atoms with Crippen LogP contribution in [-0.4, -0.2) is 31.5 Å². The number of hydrogen-bond acceptors (Lipinski definition) is 3. The van der Waals surface area contributed by atoms with Crippen LogP contribution in [-0.2, 0) is 16.0 Å². The molecule has 0 aliphatic carbocycles. The predicted molar refractivity (Wildman–Crippen MR) is 92.7 cm³/mol. The summed E-state index contributed by atoms with van der Waals surface area (Å²) in [6.07, 6.45) is 0.984. The molecule has 0 saturated heterocycles. The Morgan fingerprint density at radius 3 is 2.21 bits per heavy atom. The minimum Gasteiger partial charge on any atom is -0.493 e. The fraction of sp³-hybridized carbons (Fsp3) is 0.263. The Balaban J connectivity index is 1.53. The smallest absolute Gasteiger partial charge is 0.239 e. The zero-order valence-corrected chi connectivity index (χ0v) is 13.5. The highest BCUT2D eigenvalue weighted by atomic mass is 16.5. The van der Waals surface area contributed by atoms with E-state index in [1.54, 1.807) is 0 Å². The van der Waals surface area contributed by atoms with Crippen molar-refractivity contribution >= 4 is 11.8 Å². The van der Waals surface area contributed by atoms with Gasteiger partial charge in [-0.3, -0.25) is 9.59 Å². The molecule has 2 amide bonds. The van der Waals surface area contributed by atoms with Gasteiger partial charge in [-0.05, 0) is 24.1 Å². The summed E-state index contributed by atoms with van der Waals surface area (Å²) < 4.78 is 5.44. The average molecular weight is 326 g/mol. The van der Waals surface area contributed by atoms with Crippen molar-refractivity contribution in [1.29, 1.82) is 0 Å². The molecule has 2 N–H and O–H groups in total. The molecule has 0 aromatic heterocycles. The molecule has 0 fully saturated rings. The van der Waals surface area contributed by atoms with Crippen LogP contribution >= 0.6 is 0 Å². The van der Waals surface area contributed by atoms with E-state index in [1.165, 1.54) is 5.56 Å². The molecule has 0 aliphatic heterocycles. The largest absolute Gasteiger partial charge is 0.493 e. The van der Waals surface area contributed by atoms with Gasteiger partial charge >= 0.3 is 0 Å². The lowest BCUT2D eigenvalue weighted by molar-refractivity contribution is -0.126. The Labute approximate surface area is 142 Å². The van der Waals surface area contributed by atoms with Gasteiger partial charge in [0.25, 0.3) is 0 Å². The molecule has 5 nitrogen and oxygen atoms in total. The van der Waals surface area contributed by atoms with Crippen molar-refractivity contribution in [3.8, 4) is 5.75 Å². The first kappa shape index (κ1) is 17.5. The molecule has 2 rings (SSSR count). The quantitative estimate of drug-likeness (QED) is 0.740. The van der Waals surface area contributed by atoms with E-state index in [0.717, 1.165) is 12.2 Å². The molecule has 0 unspecified atom stereocenters. The number of hydrogen-bond donors (Lipinski definition) is 2. The number of amides is 2. The fourth-order valence-electron chi connectivity index (χ4n) is 2.10. The summed E-state index contributed by atoms with van der Waals surface area (Å²) in [4.78, 5) is 23.3. The first-order valence-electron chi connectivity index (χ1n) is 7.99. The second-order valence-electron chi connectivity index (χ2n) is 5.27. The van der Waals surface area contributed by atoms with E-state index in [9.17, 15) is 9.59 Å². The molecule has 126 valence electrons.